The molecule has 1 aliphatic heterocycles. The second-order valence-electron chi connectivity index (χ2n) is 1.45. The van der Waals surface area contributed by atoms with Crippen LogP contribution in [0.2, 0.25) is 0 Å². The van der Waals surface area contributed by atoms with Crippen LogP contribution in [0.4, 0.5) is 0 Å². The van der Waals surface area contributed by atoms with Crippen molar-refractivity contribution in [2.75, 3.05) is 5.75 Å². The van der Waals surface area contributed by atoms with E-state index in [2.05, 4.69) is 11.2 Å². The maximum Gasteiger partial charge on any atom is 0.218 e. The summed E-state index contributed by atoms with van der Waals surface area (Å²) in [6.07, 6.45) is 8.41. The van der Waals surface area contributed by atoms with Crippen molar-refractivity contribution in [3.63, 3.8) is 0 Å². The first-order chi connectivity index (χ1) is 4.43. The van der Waals surface area contributed by atoms with E-state index >= 15 is 0 Å². The summed E-state index contributed by atoms with van der Waals surface area (Å²) in [4.78, 5) is 0. The van der Waals surface area contributed by atoms with Crippen molar-refractivity contribution in [3.05, 3.63) is 12.5 Å². The minimum absolute atomic E-state index is 0.0287. The Morgan fingerprint density at radius 2 is 2.78 bits per heavy atom. The first-order valence-corrected chi connectivity index (χ1v) is 3.60. The zero-order chi connectivity index (χ0) is 6.53. The van der Waals surface area contributed by atoms with E-state index in [1.807, 2.05) is 0 Å². The van der Waals surface area contributed by atoms with Gasteiger partial charge in [-0.3, -0.25) is 0 Å². The molecule has 2 nitrogen and oxygen atoms in total. The number of hydrogen-bond acceptors (Lipinski definition) is 3. The average molecular weight is 141 g/mol. The van der Waals surface area contributed by atoms with E-state index in [0.29, 0.717) is 5.75 Å². The second kappa shape index (κ2) is 3.31. The third-order valence-corrected chi connectivity index (χ3v) is 1.70. The van der Waals surface area contributed by atoms with E-state index < -0.39 is 0 Å². The van der Waals surface area contributed by atoms with E-state index in [9.17, 15) is 0 Å². The summed E-state index contributed by atoms with van der Waals surface area (Å²) in [5.74, 6) is 3.19. The molecular formula is C6H7NOS. The summed E-state index contributed by atoms with van der Waals surface area (Å²) in [5, 5.41) is 2.96. The van der Waals surface area contributed by atoms with Gasteiger partial charge in [0.1, 0.15) is 6.26 Å². The molecule has 0 saturated carbocycles. The lowest BCUT2D eigenvalue weighted by Crippen LogP contribution is -2.16. The van der Waals surface area contributed by atoms with Gasteiger partial charge >= 0.3 is 0 Å². The Morgan fingerprint density at radius 1 is 1.89 bits per heavy atom. The highest BCUT2D eigenvalue weighted by molar-refractivity contribution is 7.99. The SMILES string of the molecule is C#CCSC1NC=CO1. The van der Waals surface area contributed by atoms with Crippen molar-refractivity contribution >= 4 is 11.8 Å². The number of terminal acetylenes is 1. The molecule has 0 aromatic heterocycles. The molecule has 0 spiro atoms. The van der Waals surface area contributed by atoms with Crippen LogP contribution in [0, 0.1) is 12.3 Å². The number of thioether (sulfide) groups is 1. The topological polar surface area (TPSA) is 21.3 Å². The molecule has 0 bridgehead atoms. The number of nitrogens with one attached hydrogen (secondary N) is 1. The number of rotatable bonds is 2. The molecule has 1 aliphatic rings. The van der Waals surface area contributed by atoms with Crippen LogP contribution in [0.1, 0.15) is 0 Å². The highest BCUT2D eigenvalue weighted by Crippen LogP contribution is 2.11. The Kier molecular flexibility index (Phi) is 2.34. The maximum atomic E-state index is 5.03. The van der Waals surface area contributed by atoms with Gasteiger partial charge < -0.3 is 10.1 Å². The van der Waals surface area contributed by atoms with Crippen molar-refractivity contribution in [2.24, 2.45) is 0 Å². The lowest BCUT2D eigenvalue weighted by molar-refractivity contribution is 0.234. The van der Waals surface area contributed by atoms with E-state index in [4.69, 9.17) is 11.2 Å². The van der Waals surface area contributed by atoms with Crippen LogP contribution in [-0.4, -0.2) is 11.3 Å². The number of hydrogen-bond donors (Lipinski definition) is 1. The molecule has 1 N–H and O–H groups in total. The minimum atomic E-state index is 0.0287. The van der Waals surface area contributed by atoms with E-state index in [1.165, 1.54) is 0 Å². The fraction of sp³-hybridized carbons (Fsp3) is 0.333. The molecule has 1 rings (SSSR count). The molecule has 0 fully saturated rings. The highest BCUT2D eigenvalue weighted by atomic mass is 32.2. The van der Waals surface area contributed by atoms with Gasteiger partial charge in [-0.2, -0.15) is 0 Å². The van der Waals surface area contributed by atoms with Crippen LogP contribution in [0.3, 0.4) is 0 Å². The summed E-state index contributed by atoms with van der Waals surface area (Å²) in [6, 6.07) is 0. The molecule has 1 unspecified atom stereocenters. The lowest BCUT2D eigenvalue weighted by atomic mass is 10.8. The predicted molar refractivity (Wildman–Crippen MR) is 38.4 cm³/mol. The summed E-state index contributed by atoms with van der Waals surface area (Å²) < 4.78 is 5.03. The normalized spacial score (nSPS) is 22.3. The van der Waals surface area contributed by atoms with E-state index in [-0.39, 0.29) is 5.56 Å². The van der Waals surface area contributed by atoms with Crippen molar-refractivity contribution in [3.8, 4) is 12.3 Å². The standard InChI is InChI=1S/C6H7NOS/c1-2-5-9-6-7-3-4-8-6/h1,3-4,6-7H,5H2. The molecule has 1 atom stereocenters. The van der Waals surface area contributed by atoms with Crippen LogP contribution in [0.15, 0.2) is 12.5 Å². The first kappa shape index (κ1) is 6.37. The lowest BCUT2D eigenvalue weighted by Gasteiger charge is -2.06. The van der Waals surface area contributed by atoms with Crippen molar-refractivity contribution in [2.45, 2.75) is 5.56 Å². The second-order valence-corrected chi connectivity index (χ2v) is 2.50. The molecule has 0 saturated heterocycles. The van der Waals surface area contributed by atoms with Gasteiger partial charge in [0, 0.05) is 6.20 Å². The van der Waals surface area contributed by atoms with E-state index in [0.717, 1.165) is 0 Å². The Balaban J connectivity index is 2.09. The zero-order valence-corrected chi connectivity index (χ0v) is 5.65. The quantitative estimate of drug-likeness (QED) is 0.573. The van der Waals surface area contributed by atoms with Gasteiger partial charge in [-0.1, -0.05) is 17.7 Å². The molecule has 0 aromatic carbocycles. The van der Waals surface area contributed by atoms with Gasteiger partial charge in [0.25, 0.3) is 0 Å². The van der Waals surface area contributed by atoms with Crippen molar-refractivity contribution in [1.82, 2.24) is 5.32 Å². The van der Waals surface area contributed by atoms with E-state index in [1.54, 1.807) is 24.2 Å². The fourth-order valence-electron chi connectivity index (χ4n) is 0.479. The van der Waals surface area contributed by atoms with Crippen LogP contribution in [-0.2, 0) is 4.74 Å². The number of ether oxygens (including phenoxy) is 1. The maximum absolute atomic E-state index is 5.03. The molecule has 0 aromatic rings. The zero-order valence-electron chi connectivity index (χ0n) is 4.83. The molecule has 0 radical (unpaired) electrons. The molecule has 0 aliphatic carbocycles. The third kappa shape index (κ3) is 1.90. The summed E-state index contributed by atoms with van der Waals surface area (Å²) in [7, 11) is 0. The molecule has 0 amide bonds. The Labute approximate surface area is 58.7 Å². The van der Waals surface area contributed by atoms with Crippen LogP contribution >= 0.6 is 11.8 Å². The monoisotopic (exact) mass is 141 g/mol. The molecule has 3 heteroatoms. The Hall–Kier alpha value is -0.750. The smallest absolute Gasteiger partial charge is 0.218 e. The Bertz CT molecular complexity index is 142. The fourth-order valence-corrected chi connectivity index (χ4v) is 1.04. The molecule has 1 heterocycles. The molecular weight excluding hydrogens is 134 g/mol. The third-order valence-electron chi connectivity index (χ3n) is 0.821. The minimum Gasteiger partial charge on any atom is -0.467 e. The highest BCUT2D eigenvalue weighted by Gasteiger charge is 2.07. The van der Waals surface area contributed by atoms with Crippen molar-refractivity contribution in [1.29, 1.82) is 0 Å². The summed E-state index contributed by atoms with van der Waals surface area (Å²) in [6.45, 7) is 0. The van der Waals surface area contributed by atoms with Gasteiger partial charge in [0.15, 0.2) is 0 Å². The van der Waals surface area contributed by atoms with Gasteiger partial charge in [-0.05, 0) is 0 Å². The average Bonchev–Trinajstić information content (AvgIpc) is 2.34. The van der Waals surface area contributed by atoms with Crippen LogP contribution in [0.5, 0.6) is 0 Å². The van der Waals surface area contributed by atoms with Gasteiger partial charge in [-0.15, -0.1) is 6.42 Å². The Morgan fingerprint density at radius 3 is 3.33 bits per heavy atom. The predicted octanol–water partition coefficient (Wildman–Crippen LogP) is 0.727. The van der Waals surface area contributed by atoms with Crippen molar-refractivity contribution < 1.29 is 4.74 Å². The van der Waals surface area contributed by atoms with Crippen LogP contribution < -0.4 is 5.32 Å². The molecule has 9 heavy (non-hydrogen) atoms. The largest absolute Gasteiger partial charge is 0.467 e. The first-order valence-electron chi connectivity index (χ1n) is 2.55. The summed E-state index contributed by atoms with van der Waals surface area (Å²) in [5.41, 5.74) is 0.0287. The van der Waals surface area contributed by atoms with Crippen LogP contribution in [0.25, 0.3) is 0 Å². The van der Waals surface area contributed by atoms with Gasteiger partial charge in [-0.25, -0.2) is 0 Å². The molecule has 48 valence electrons. The van der Waals surface area contributed by atoms with Gasteiger partial charge in [0.2, 0.25) is 5.56 Å². The summed E-state index contributed by atoms with van der Waals surface area (Å²) >= 11 is 1.55. The van der Waals surface area contributed by atoms with Gasteiger partial charge in [0.05, 0.1) is 5.75 Å².